The van der Waals surface area contributed by atoms with Gasteiger partial charge in [0.05, 0.1) is 12.6 Å². The Morgan fingerprint density at radius 2 is 1.91 bits per heavy atom. The molecule has 124 valence electrons. The molecule has 1 unspecified atom stereocenters. The molecule has 1 aromatic rings. The molecule has 1 fully saturated rings. The Labute approximate surface area is 135 Å². The average molecular weight is 304 g/mol. The van der Waals surface area contributed by atoms with Gasteiger partial charge in [-0.3, -0.25) is 4.90 Å². The zero-order chi connectivity index (χ0) is 15.8. The number of hydrogen-bond donors (Lipinski definition) is 1. The van der Waals surface area contributed by atoms with Crippen LogP contribution in [0.4, 0.5) is 0 Å². The molecule has 3 heteroatoms. The Bertz CT molecular complexity index is 429. The quantitative estimate of drug-likeness (QED) is 0.785. The van der Waals surface area contributed by atoms with Gasteiger partial charge in [-0.05, 0) is 31.9 Å². The van der Waals surface area contributed by atoms with Gasteiger partial charge in [-0.25, -0.2) is 0 Å². The van der Waals surface area contributed by atoms with E-state index < -0.39 is 0 Å². The Hall–Kier alpha value is -1.06. The van der Waals surface area contributed by atoms with E-state index in [0.717, 1.165) is 25.3 Å². The van der Waals surface area contributed by atoms with Gasteiger partial charge in [0.15, 0.2) is 0 Å². The highest BCUT2D eigenvalue weighted by Crippen LogP contribution is 2.33. The lowest BCUT2D eigenvalue weighted by atomic mass is 9.91. The van der Waals surface area contributed by atoms with Crippen molar-refractivity contribution in [2.45, 2.75) is 64.5 Å². The van der Waals surface area contributed by atoms with Crippen LogP contribution in [0.25, 0.3) is 0 Å². The van der Waals surface area contributed by atoms with Gasteiger partial charge in [-0.15, -0.1) is 0 Å². The van der Waals surface area contributed by atoms with Gasteiger partial charge in [-0.1, -0.05) is 51.3 Å². The molecule has 1 aliphatic carbocycles. The Morgan fingerprint density at radius 3 is 2.55 bits per heavy atom. The molecule has 1 aromatic carbocycles. The van der Waals surface area contributed by atoms with E-state index in [9.17, 15) is 0 Å². The monoisotopic (exact) mass is 304 g/mol. The molecule has 0 aliphatic heterocycles. The second-order valence-electron chi connectivity index (χ2n) is 6.26. The summed E-state index contributed by atoms with van der Waals surface area (Å²) < 4.78 is 5.97. The minimum Gasteiger partial charge on any atom is -0.493 e. The maximum absolute atomic E-state index is 6.19. The third-order valence-electron chi connectivity index (χ3n) is 4.77. The fourth-order valence-electron chi connectivity index (χ4n) is 3.69. The number of likely N-dealkylation sites (N-methyl/N-ethyl adjacent to an activating group) is 1. The molecule has 22 heavy (non-hydrogen) atoms. The van der Waals surface area contributed by atoms with E-state index >= 15 is 0 Å². The predicted molar refractivity (Wildman–Crippen MR) is 93.3 cm³/mol. The minimum atomic E-state index is 0.265. The van der Waals surface area contributed by atoms with E-state index in [4.69, 9.17) is 10.5 Å². The van der Waals surface area contributed by atoms with Crippen molar-refractivity contribution in [3.8, 4) is 5.75 Å². The first-order chi connectivity index (χ1) is 10.8. The molecule has 0 bridgehead atoms. The molecule has 0 heterocycles. The first-order valence-electron chi connectivity index (χ1n) is 8.99. The van der Waals surface area contributed by atoms with Crippen molar-refractivity contribution in [2.75, 3.05) is 19.7 Å². The normalized spacial score (nSPS) is 17.6. The van der Waals surface area contributed by atoms with Gasteiger partial charge in [0.2, 0.25) is 0 Å². The lowest BCUT2D eigenvalue weighted by Gasteiger charge is -2.39. The number of hydrogen-bond acceptors (Lipinski definition) is 3. The van der Waals surface area contributed by atoms with Gasteiger partial charge >= 0.3 is 0 Å². The first-order valence-corrected chi connectivity index (χ1v) is 8.99. The van der Waals surface area contributed by atoms with Gasteiger partial charge in [0.25, 0.3) is 0 Å². The molecule has 3 nitrogen and oxygen atoms in total. The third kappa shape index (κ3) is 4.23. The summed E-state index contributed by atoms with van der Waals surface area (Å²) in [5, 5.41) is 0. The van der Waals surface area contributed by atoms with Crippen molar-refractivity contribution in [1.29, 1.82) is 0 Å². The van der Waals surface area contributed by atoms with Crippen LogP contribution in [0.5, 0.6) is 5.75 Å². The molecule has 0 amide bonds. The molecular formula is C19H32N2O. The largest absolute Gasteiger partial charge is 0.493 e. The lowest BCUT2D eigenvalue weighted by molar-refractivity contribution is 0.111. The van der Waals surface area contributed by atoms with Crippen molar-refractivity contribution < 1.29 is 4.74 Å². The molecule has 1 atom stereocenters. The van der Waals surface area contributed by atoms with Crippen molar-refractivity contribution in [2.24, 2.45) is 5.73 Å². The molecule has 0 radical (unpaired) electrons. The summed E-state index contributed by atoms with van der Waals surface area (Å²) >= 11 is 0. The van der Waals surface area contributed by atoms with Crippen LogP contribution in [0, 0.1) is 0 Å². The number of benzene rings is 1. The molecule has 1 aliphatic rings. The molecule has 2 N–H and O–H groups in total. The predicted octanol–water partition coefficient (Wildman–Crippen LogP) is 4.13. The minimum absolute atomic E-state index is 0.265. The summed E-state index contributed by atoms with van der Waals surface area (Å²) in [5.74, 6) is 1.01. The van der Waals surface area contributed by atoms with E-state index in [1.807, 2.05) is 0 Å². The van der Waals surface area contributed by atoms with Crippen molar-refractivity contribution in [3.63, 3.8) is 0 Å². The van der Waals surface area contributed by atoms with Crippen LogP contribution in [0.15, 0.2) is 24.3 Å². The van der Waals surface area contributed by atoms with E-state index in [2.05, 4.69) is 43.0 Å². The number of para-hydroxylation sites is 1. The molecule has 0 spiro atoms. The molecule has 2 rings (SSSR count). The summed E-state index contributed by atoms with van der Waals surface area (Å²) in [5.41, 5.74) is 7.44. The van der Waals surface area contributed by atoms with Crippen molar-refractivity contribution in [3.05, 3.63) is 29.8 Å². The van der Waals surface area contributed by atoms with Gasteiger partial charge < -0.3 is 10.5 Å². The highest BCUT2D eigenvalue weighted by Gasteiger charge is 2.28. The Kier molecular flexibility index (Phi) is 7.20. The van der Waals surface area contributed by atoms with Crippen molar-refractivity contribution >= 4 is 0 Å². The van der Waals surface area contributed by atoms with E-state index in [1.54, 1.807) is 0 Å². The average Bonchev–Trinajstić information content (AvgIpc) is 2.59. The second-order valence-corrected chi connectivity index (χ2v) is 6.26. The van der Waals surface area contributed by atoms with E-state index in [1.165, 1.54) is 37.7 Å². The Morgan fingerprint density at radius 1 is 1.18 bits per heavy atom. The third-order valence-corrected chi connectivity index (χ3v) is 4.77. The second kappa shape index (κ2) is 9.16. The number of rotatable bonds is 8. The van der Waals surface area contributed by atoms with Crippen molar-refractivity contribution in [1.82, 2.24) is 4.90 Å². The smallest absolute Gasteiger partial charge is 0.124 e. The van der Waals surface area contributed by atoms with Crippen LogP contribution >= 0.6 is 0 Å². The van der Waals surface area contributed by atoms with Crippen LogP contribution in [0.2, 0.25) is 0 Å². The maximum Gasteiger partial charge on any atom is 0.124 e. The Balaban J connectivity index is 2.21. The molecule has 1 saturated carbocycles. The van der Waals surface area contributed by atoms with Gasteiger partial charge in [-0.2, -0.15) is 0 Å². The zero-order valence-electron chi connectivity index (χ0n) is 14.3. The van der Waals surface area contributed by atoms with Crippen LogP contribution in [-0.2, 0) is 0 Å². The van der Waals surface area contributed by atoms with Crippen LogP contribution in [0.3, 0.4) is 0 Å². The van der Waals surface area contributed by atoms with Crippen LogP contribution in [0.1, 0.15) is 64.0 Å². The number of nitrogens with two attached hydrogens (primary N) is 1. The summed E-state index contributed by atoms with van der Waals surface area (Å²) in [6, 6.07) is 9.37. The van der Waals surface area contributed by atoms with Crippen LogP contribution < -0.4 is 10.5 Å². The summed E-state index contributed by atoms with van der Waals surface area (Å²) in [6.07, 6.45) is 7.74. The maximum atomic E-state index is 6.19. The summed E-state index contributed by atoms with van der Waals surface area (Å²) in [6.45, 7) is 6.87. The molecule has 0 aromatic heterocycles. The zero-order valence-corrected chi connectivity index (χ0v) is 14.3. The van der Waals surface area contributed by atoms with E-state index in [0.29, 0.717) is 12.6 Å². The SMILES string of the molecule is CCCOc1ccccc1C(CN)N(CC)C1CCCCC1. The highest BCUT2D eigenvalue weighted by atomic mass is 16.5. The van der Waals surface area contributed by atoms with Gasteiger partial charge in [0.1, 0.15) is 5.75 Å². The molecule has 0 saturated heterocycles. The lowest BCUT2D eigenvalue weighted by Crippen LogP contribution is -2.42. The fraction of sp³-hybridized carbons (Fsp3) is 0.684. The number of ether oxygens (including phenoxy) is 1. The summed E-state index contributed by atoms with van der Waals surface area (Å²) in [4.78, 5) is 2.60. The highest BCUT2D eigenvalue weighted by molar-refractivity contribution is 5.36. The van der Waals surface area contributed by atoms with Gasteiger partial charge in [0, 0.05) is 18.2 Å². The first kappa shape index (κ1) is 17.3. The number of nitrogens with zero attached hydrogens (tertiary/aromatic N) is 1. The standard InChI is InChI=1S/C19H32N2O/c1-3-14-22-19-13-9-8-12-17(19)18(15-20)21(4-2)16-10-6-5-7-11-16/h8-9,12-13,16,18H,3-7,10-11,14-15,20H2,1-2H3. The van der Waals surface area contributed by atoms with Crippen LogP contribution in [-0.4, -0.2) is 30.6 Å². The van der Waals surface area contributed by atoms with E-state index in [-0.39, 0.29) is 6.04 Å². The fourth-order valence-corrected chi connectivity index (χ4v) is 3.69. The topological polar surface area (TPSA) is 38.5 Å². The molecular weight excluding hydrogens is 272 g/mol. The summed E-state index contributed by atoms with van der Waals surface area (Å²) in [7, 11) is 0.